The molecule has 0 amide bonds. The van der Waals surface area contributed by atoms with E-state index in [0.717, 1.165) is 12.8 Å². The van der Waals surface area contributed by atoms with E-state index in [-0.39, 0.29) is 24.2 Å². The van der Waals surface area contributed by atoms with Gasteiger partial charge in [-0.1, -0.05) is 6.42 Å². The fraction of sp³-hybridized carbons (Fsp3) is 0.923. The summed E-state index contributed by atoms with van der Waals surface area (Å²) in [6, 6.07) is 0.0977. The summed E-state index contributed by atoms with van der Waals surface area (Å²) in [6.07, 6.45) is 2.93. The highest BCUT2D eigenvalue weighted by molar-refractivity contribution is 6.40. The second kappa shape index (κ2) is 6.89. The van der Waals surface area contributed by atoms with Gasteiger partial charge in [0.05, 0.1) is 0 Å². The van der Waals surface area contributed by atoms with Gasteiger partial charge in [0.25, 0.3) is 0 Å². The molecule has 0 heterocycles. The summed E-state index contributed by atoms with van der Waals surface area (Å²) < 4.78 is 0. The van der Waals surface area contributed by atoms with Gasteiger partial charge in [0.15, 0.2) is 0 Å². The van der Waals surface area contributed by atoms with Gasteiger partial charge < -0.3 is 25.8 Å². The SMILES string of the molecule is CC(C1CCC(CCB(O)O)C[C@]1(N)C(=O)O)N(C)C. The molecule has 0 aromatic rings. The van der Waals surface area contributed by atoms with Gasteiger partial charge in [-0.25, -0.2) is 0 Å². The molecule has 7 heteroatoms. The summed E-state index contributed by atoms with van der Waals surface area (Å²) in [4.78, 5) is 13.7. The zero-order valence-corrected chi connectivity index (χ0v) is 12.6. The third-order valence-corrected chi connectivity index (χ3v) is 4.80. The predicted octanol–water partition coefficient (Wildman–Crippen LogP) is -0.00220. The molecule has 1 fully saturated rings. The van der Waals surface area contributed by atoms with Crippen LogP contribution >= 0.6 is 0 Å². The standard InChI is InChI=1S/C13H27BN2O4/c1-9(16(2)3)11-5-4-10(6-7-14(19)20)8-13(11,15)12(17)18/h9-11,19-20H,4-8,15H2,1-3H3,(H,17,18)/t9?,10?,11?,13-/m1/s1. The van der Waals surface area contributed by atoms with Crippen molar-refractivity contribution in [1.29, 1.82) is 0 Å². The minimum atomic E-state index is -1.33. The van der Waals surface area contributed by atoms with E-state index in [2.05, 4.69) is 0 Å². The van der Waals surface area contributed by atoms with E-state index in [1.54, 1.807) is 0 Å². The molecule has 20 heavy (non-hydrogen) atoms. The smallest absolute Gasteiger partial charge is 0.451 e. The normalized spacial score (nSPS) is 32.1. The van der Waals surface area contributed by atoms with E-state index in [1.165, 1.54) is 0 Å². The third kappa shape index (κ3) is 3.94. The van der Waals surface area contributed by atoms with Gasteiger partial charge in [0.2, 0.25) is 0 Å². The molecule has 0 aromatic carbocycles. The maximum absolute atomic E-state index is 11.7. The van der Waals surface area contributed by atoms with Crippen molar-refractivity contribution in [3.05, 3.63) is 0 Å². The van der Waals surface area contributed by atoms with E-state index < -0.39 is 18.6 Å². The van der Waals surface area contributed by atoms with Crippen molar-refractivity contribution in [2.75, 3.05) is 14.1 Å². The Kier molecular flexibility index (Phi) is 6.00. The number of carboxylic acid groups (broad SMARTS) is 1. The van der Waals surface area contributed by atoms with Crippen LogP contribution in [-0.4, -0.2) is 58.8 Å². The Morgan fingerprint density at radius 1 is 1.45 bits per heavy atom. The quantitative estimate of drug-likeness (QED) is 0.512. The molecule has 1 rings (SSSR count). The van der Waals surface area contributed by atoms with Gasteiger partial charge in [-0.2, -0.15) is 0 Å². The largest absolute Gasteiger partial charge is 0.480 e. The van der Waals surface area contributed by atoms with Gasteiger partial charge in [0.1, 0.15) is 5.54 Å². The first kappa shape index (κ1) is 17.4. The minimum absolute atomic E-state index is 0.0923. The lowest BCUT2D eigenvalue weighted by Gasteiger charge is -2.45. The van der Waals surface area contributed by atoms with Crippen LogP contribution < -0.4 is 5.73 Å². The monoisotopic (exact) mass is 286 g/mol. The zero-order valence-electron chi connectivity index (χ0n) is 12.6. The molecular formula is C13H27BN2O4. The molecule has 5 N–H and O–H groups in total. The summed E-state index contributed by atoms with van der Waals surface area (Å²) in [5, 5.41) is 27.4. The second-order valence-electron chi connectivity index (χ2n) is 6.36. The molecule has 0 spiro atoms. The Morgan fingerprint density at radius 3 is 2.50 bits per heavy atom. The van der Waals surface area contributed by atoms with E-state index in [1.807, 2.05) is 25.9 Å². The topological polar surface area (TPSA) is 107 Å². The first-order valence-electron chi connectivity index (χ1n) is 7.23. The predicted molar refractivity (Wildman–Crippen MR) is 78.1 cm³/mol. The number of nitrogens with two attached hydrogens (primary N) is 1. The van der Waals surface area contributed by atoms with Crippen LogP contribution in [-0.2, 0) is 4.79 Å². The van der Waals surface area contributed by atoms with Crippen molar-refractivity contribution >= 4 is 13.1 Å². The number of carboxylic acids is 1. The Morgan fingerprint density at radius 2 is 2.05 bits per heavy atom. The molecule has 0 bridgehead atoms. The second-order valence-corrected chi connectivity index (χ2v) is 6.36. The van der Waals surface area contributed by atoms with Gasteiger partial charge in [0, 0.05) is 12.0 Å². The molecule has 3 unspecified atom stereocenters. The van der Waals surface area contributed by atoms with Crippen molar-refractivity contribution in [3.63, 3.8) is 0 Å². The van der Waals surface area contributed by atoms with Gasteiger partial charge in [-0.05, 0) is 52.5 Å². The van der Waals surface area contributed by atoms with Crippen molar-refractivity contribution in [1.82, 2.24) is 4.90 Å². The fourth-order valence-corrected chi connectivity index (χ4v) is 3.31. The van der Waals surface area contributed by atoms with E-state index in [0.29, 0.717) is 12.8 Å². The van der Waals surface area contributed by atoms with Gasteiger partial charge in [-0.3, -0.25) is 4.79 Å². The molecule has 1 aliphatic carbocycles. The highest BCUT2D eigenvalue weighted by Crippen LogP contribution is 2.40. The van der Waals surface area contributed by atoms with Crippen LogP contribution in [0.4, 0.5) is 0 Å². The zero-order chi connectivity index (χ0) is 15.5. The molecule has 0 aliphatic heterocycles. The first-order chi connectivity index (χ1) is 9.18. The van der Waals surface area contributed by atoms with Crippen LogP contribution in [0.5, 0.6) is 0 Å². The summed E-state index contributed by atoms with van der Waals surface area (Å²) in [5.41, 5.74) is 5.00. The lowest BCUT2D eigenvalue weighted by Crippen LogP contribution is -2.62. The molecule has 1 aliphatic rings. The first-order valence-corrected chi connectivity index (χ1v) is 7.23. The summed E-state index contributed by atoms with van der Waals surface area (Å²) in [5.74, 6) is -0.903. The van der Waals surface area contributed by atoms with E-state index >= 15 is 0 Å². The molecule has 1 saturated carbocycles. The van der Waals surface area contributed by atoms with Crippen LogP contribution in [0.1, 0.15) is 32.6 Å². The maximum atomic E-state index is 11.7. The number of rotatable bonds is 6. The highest BCUT2D eigenvalue weighted by atomic mass is 16.4. The van der Waals surface area contributed by atoms with Gasteiger partial charge >= 0.3 is 13.1 Å². The van der Waals surface area contributed by atoms with Crippen LogP contribution in [0.25, 0.3) is 0 Å². The van der Waals surface area contributed by atoms with Crippen LogP contribution in [0.3, 0.4) is 0 Å². The summed E-state index contributed by atoms with van der Waals surface area (Å²) in [7, 11) is 2.54. The van der Waals surface area contributed by atoms with Crippen LogP contribution in [0.2, 0.25) is 6.32 Å². The van der Waals surface area contributed by atoms with E-state index in [9.17, 15) is 9.90 Å². The van der Waals surface area contributed by atoms with Crippen molar-refractivity contribution in [2.45, 2.75) is 50.5 Å². The van der Waals surface area contributed by atoms with Crippen molar-refractivity contribution < 1.29 is 19.9 Å². The number of hydrogen-bond acceptors (Lipinski definition) is 5. The Balaban J connectivity index is 2.80. The molecule has 4 atom stereocenters. The van der Waals surface area contributed by atoms with Crippen LogP contribution in [0, 0.1) is 11.8 Å². The number of carbonyl (C=O) groups is 1. The molecule has 0 aromatic heterocycles. The van der Waals surface area contributed by atoms with Crippen molar-refractivity contribution in [2.24, 2.45) is 17.6 Å². The summed E-state index contributed by atoms with van der Waals surface area (Å²) in [6.45, 7) is 2.01. The molecule has 116 valence electrons. The number of aliphatic carboxylic acids is 1. The third-order valence-electron chi connectivity index (χ3n) is 4.80. The molecule has 6 nitrogen and oxygen atoms in total. The van der Waals surface area contributed by atoms with Crippen LogP contribution in [0.15, 0.2) is 0 Å². The van der Waals surface area contributed by atoms with E-state index in [4.69, 9.17) is 15.8 Å². The van der Waals surface area contributed by atoms with Gasteiger partial charge in [-0.15, -0.1) is 0 Å². The average Bonchev–Trinajstić information content (AvgIpc) is 2.35. The Hall–Kier alpha value is -0.625. The Bertz CT molecular complexity index is 340. The lowest BCUT2D eigenvalue weighted by atomic mass is 9.64. The Labute approximate surface area is 121 Å². The lowest BCUT2D eigenvalue weighted by molar-refractivity contribution is -0.149. The molecule has 0 saturated heterocycles. The number of hydrogen-bond donors (Lipinski definition) is 4. The highest BCUT2D eigenvalue weighted by Gasteiger charge is 2.49. The number of nitrogens with zero attached hydrogens (tertiary/aromatic N) is 1. The summed E-state index contributed by atoms with van der Waals surface area (Å²) >= 11 is 0. The molecule has 0 radical (unpaired) electrons. The minimum Gasteiger partial charge on any atom is -0.480 e. The maximum Gasteiger partial charge on any atom is 0.451 e. The average molecular weight is 286 g/mol. The fourth-order valence-electron chi connectivity index (χ4n) is 3.31. The molecular weight excluding hydrogens is 259 g/mol. The van der Waals surface area contributed by atoms with Crippen molar-refractivity contribution in [3.8, 4) is 0 Å².